The van der Waals surface area contributed by atoms with E-state index in [2.05, 4.69) is 10.3 Å². The van der Waals surface area contributed by atoms with Crippen LogP contribution in [0.15, 0.2) is 36.5 Å². The maximum Gasteiger partial charge on any atom is 0.276 e. The van der Waals surface area contributed by atoms with Gasteiger partial charge in [0.1, 0.15) is 17.7 Å². The van der Waals surface area contributed by atoms with E-state index in [0.717, 1.165) is 5.56 Å². The summed E-state index contributed by atoms with van der Waals surface area (Å²) in [6.45, 7) is 1.57. The molecular weight excluding hydrogens is 324 g/mol. The second kappa shape index (κ2) is 6.21. The van der Waals surface area contributed by atoms with Crippen LogP contribution in [0, 0.1) is 0 Å². The summed E-state index contributed by atoms with van der Waals surface area (Å²) >= 11 is 0. The number of hydrogen-bond acceptors (Lipinski definition) is 6. The highest BCUT2D eigenvalue weighted by molar-refractivity contribution is 5.92. The van der Waals surface area contributed by atoms with Gasteiger partial charge in [0.05, 0.1) is 32.5 Å². The van der Waals surface area contributed by atoms with Crippen LogP contribution in [0.3, 0.4) is 0 Å². The summed E-state index contributed by atoms with van der Waals surface area (Å²) in [7, 11) is 1.66. The Kier molecular flexibility index (Phi) is 4.03. The summed E-state index contributed by atoms with van der Waals surface area (Å²) in [6, 6.07) is 9.58. The molecule has 2 aromatic rings. The van der Waals surface area contributed by atoms with Crippen LogP contribution in [0.4, 0.5) is 0 Å². The summed E-state index contributed by atoms with van der Waals surface area (Å²) in [5, 5.41) is 17.8. The highest BCUT2D eigenvalue weighted by atomic mass is 16.5. The molecule has 0 radical (unpaired) electrons. The first-order chi connectivity index (χ1) is 12.1. The number of hydrogen-bond donors (Lipinski definition) is 1. The van der Waals surface area contributed by atoms with Crippen LogP contribution < -0.4 is 0 Å². The van der Waals surface area contributed by atoms with Gasteiger partial charge in [-0.15, -0.1) is 5.10 Å². The van der Waals surface area contributed by atoms with Gasteiger partial charge < -0.3 is 19.5 Å². The van der Waals surface area contributed by atoms with Gasteiger partial charge in [-0.25, -0.2) is 4.68 Å². The number of carbonyl (C=O) groups is 1. The maximum absolute atomic E-state index is 12.6. The van der Waals surface area contributed by atoms with Crippen LogP contribution >= 0.6 is 0 Å². The molecule has 0 bridgehead atoms. The predicted molar refractivity (Wildman–Crippen MR) is 86.9 cm³/mol. The van der Waals surface area contributed by atoms with E-state index in [9.17, 15) is 9.90 Å². The van der Waals surface area contributed by atoms with Crippen molar-refractivity contribution in [3.63, 3.8) is 0 Å². The number of likely N-dealkylation sites (tertiary alicyclic amines) is 1. The minimum Gasteiger partial charge on any atom is -0.388 e. The maximum atomic E-state index is 12.6. The van der Waals surface area contributed by atoms with Gasteiger partial charge >= 0.3 is 0 Å². The van der Waals surface area contributed by atoms with Crippen LogP contribution in [0.5, 0.6) is 0 Å². The molecule has 2 saturated heterocycles. The van der Waals surface area contributed by atoms with Gasteiger partial charge in [-0.3, -0.25) is 4.79 Å². The largest absolute Gasteiger partial charge is 0.388 e. The smallest absolute Gasteiger partial charge is 0.276 e. The van der Waals surface area contributed by atoms with Gasteiger partial charge in [0.25, 0.3) is 5.91 Å². The van der Waals surface area contributed by atoms with E-state index >= 15 is 0 Å². The second-order valence-electron chi connectivity index (χ2n) is 6.48. The molecule has 0 unspecified atom stereocenters. The third kappa shape index (κ3) is 2.72. The number of methoxy groups -OCH3 is 1. The van der Waals surface area contributed by atoms with Gasteiger partial charge in [0, 0.05) is 7.11 Å². The monoisotopic (exact) mass is 344 g/mol. The number of ether oxygens (including phenoxy) is 2. The van der Waals surface area contributed by atoms with E-state index in [1.54, 1.807) is 18.2 Å². The van der Waals surface area contributed by atoms with Gasteiger partial charge in [0.2, 0.25) is 0 Å². The molecule has 0 spiro atoms. The van der Waals surface area contributed by atoms with Crippen molar-refractivity contribution in [2.45, 2.75) is 17.7 Å². The van der Waals surface area contributed by atoms with Gasteiger partial charge in [-0.2, -0.15) is 0 Å². The molecule has 1 amide bonds. The molecule has 3 heterocycles. The summed E-state index contributed by atoms with van der Waals surface area (Å²) in [5.74, 6) is -0.191. The molecule has 0 aliphatic carbocycles. The number of benzene rings is 1. The number of aromatic nitrogens is 3. The number of aliphatic hydroxyl groups is 1. The van der Waals surface area contributed by atoms with Crippen LogP contribution in [-0.4, -0.2) is 70.4 Å². The molecule has 8 nitrogen and oxygen atoms in total. The minimum atomic E-state index is -0.632. The van der Waals surface area contributed by atoms with Crippen molar-refractivity contribution < 1.29 is 19.4 Å². The molecule has 2 fully saturated rings. The second-order valence-corrected chi connectivity index (χ2v) is 6.48. The first kappa shape index (κ1) is 16.2. The number of carbonyl (C=O) groups excluding carboxylic acids is 1. The molecule has 2 atom stereocenters. The number of amides is 1. The topological polar surface area (TPSA) is 89.7 Å². The Morgan fingerprint density at radius 2 is 2.08 bits per heavy atom. The first-order valence-electron chi connectivity index (χ1n) is 8.20. The van der Waals surface area contributed by atoms with Gasteiger partial charge in [0.15, 0.2) is 5.69 Å². The predicted octanol–water partition coefficient (Wildman–Crippen LogP) is 0.208. The highest BCUT2D eigenvalue weighted by Crippen LogP contribution is 2.35. The zero-order chi connectivity index (χ0) is 17.4. The van der Waals surface area contributed by atoms with Crippen molar-refractivity contribution >= 4 is 5.91 Å². The van der Waals surface area contributed by atoms with Crippen LogP contribution in [0.25, 0.3) is 0 Å². The van der Waals surface area contributed by atoms with Crippen LogP contribution in [0.2, 0.25) is 0 Å². The third-order valence-corrected chi connectivity index (χ3v) is 4.96. The summed E-state index contributed by atoms with van der Waals surface area (Å²) in [6.07, 6.45) is 0.938. The lowest BCUT2D eigenvalue weighted by Gasteiger charge is -2.49. The molecule has 8 heteroatoms. The Labute approximate surface area is 144 Å². The normalized spacial score (nSPS) is 25.0. The zero-order valence-corrected chi connectivity index (χ0v) is 13.9. The Hall–Kier alpha value is -2.29. The molecule has 1 N–H and O–H groups in total. The molecular formula is C17H20N4O4. The third-order valence-electron chi connectivity index (χ3n) is 4.96. The van der Waals surface area contributed by atoms with Crippen molar-refractivity contribution in [2.75, 3.05) is 33.4 Å². The molecule has 1 aromatic carbocycles. The van der Waals surface area contributed by atoms with E-state index in [1.807, 2.05) is 30.3 Å². The summed E-state index contributed by atoms with van der Waals surface area (Å²) in [5.41, 5.74) is 0.843. The Morgan fingerprint density at radius 1 is 1.32 bits per heavy atom. The van der Waals surface area contributed by atoms with Crippen LogP contribution in [0.1, 0.15) is 22.1 Å². The lowest BCUT2D eigenvalue weighted by atomic mass is 9.85. The van der Waals surface area contributed by atoms with Crippen molar-refractivity contribution in [3.05, 3.63) is 47.8 Å². The molecule has 4 rings (SSSR count). The molecule has 132 valence electrons. The van der Waals surface area contributed by atoms with Crippen molar-refractivity contribution in [1.29, 1.82) is 0 Å². The quantitative estimate of drug-likeness (QED) is 0.853. The minimum absolute atomic E-state index is 0.191. The Morgan fingerprint density at radius 3 is 2.72 bits per heavy atom. The number of rotatable bonds is 4. The van der Waals surface area contributed by atoms with E-state index in [-0.39, 0.29) is 24.2 Å². The average Bonchev–Trinajstić information content (AvgIpc) is 3.24. The van der Waals surface area contributed by atoms with Gasteiger partial charge in [-0.05, 0) is 5.56 Å². The van der Waals surface area contributed by atoms with E-state index in [1.165, 1.54) is 4.68 Å². The van der Waals surface area contributed by atoms with Gasteiger partial charge in [-0.1, -0.05) is 35.5 Å². The molecule has 0 saturated carbocycles. The first-order valence-corrected chi connectivity index (χ1v) is 8.20. The SMILES string of the molecule is COC1(c2ccccc2)CN(C(=O)c2cn([C@@H]3COC[C@H]3O)nn2)C1. The fourth-order valence-electron chi connectivity index (χ4n) is 3.37. The lowest BCUT2D eigenvalue weighted by molar-refractivity contribution is -0.114. The van der Waals surface area contributed by atoms with Crippen molar-refractivity contribution in [2.24, 2.45) is 0 Å². The van der Waals surface area contributed by atoms with E-state index < -0.39 is 11.7 Å². The van der Waals surface area contributed by atoms with E-state index in [4.69, 9.17) is 9.47 Å². The molecule has 25 heavy (non-hydrogen) atoms. The summed E-state index contributed by atoms with van der Waals surface area (Å²) in [4.78, 5) is 14.3. The standard InChI is InChI=1S/C17H20N4O4/c1-24-17(12-5-3-2-4-6-12)10-20(11-17)16(23)13-7-21(19-18-13)14-8-25-9-15(14)22/h2-7,14-15,22H,8-11H2,1H3/t14-,15-/m1/s1. The fourth-order valence-corrected chi connectivity index (χ4v) is 3.37. The zero-order valence-electron chi connectivity index (χ0n) is 13.9. The number of nitrogens with zero attached hydrogens (tertiary/aromatic N) is 4. The highest BCUT2D eigenvalue weighted by Gasteiger charge is 2.47. The van der Waals surface area contributed by atoms with Crippen molar-refractivity contribution in [3.8, 4) is 0 Å². The summed E-state index contributed by atoms with van der Waals surface area (Å²) < 4.78 is 12.4. The Bertz CT molecular complexity index is 757. The van der Waals surface area contributed by atoms with Crippen LogP contribution in [-0.2, 0) is 15.1 Å². The number of aliphatic hydroxyl groups excluding tert-OH is 1. The molecule has 1 aromatic heterocycles. The van der Waals surface area contributed by atoms with E-state index in [0.29, 0.717) is 19.7 Å². The fraction of sp³-hybridized carbons (Fsp3) is 0.471. The average molecular weight is 344 g/mol. The van der Waals surface area contributed by atoms with Crippen molar-refractivity contribution in [1.82, 2.24) is 19.9 Å². The molecule has 2 aliphatic heterocycles. The molecule has 2 aliphatic rings. The lowest BCUT2D eigenvalue weighted by Crippen LogP contribution is -2.62. The Balaban J connectivity index is 1.46.